The molecule has 23 heavy (non-hydrogen) atoms. The molecule has 0 aliphatic rings. The lowest BCUT2D eigenvalue weighted by atomic mass is 10.4. The zero-order valence-electron chi connectivity index (χ0n) is 13.7. The third-order valence-electron chi connectivity index (χ3n) is 3.21. The molecule has 0 aliphatic carbocycles. The Kier molecular flexibility index (Phi) is 5.22. The Morgan fingerprint density at radius 1 is 1.26 bits per heavy atom. The van der Waals surface area contributed by atoms with Gasteiger partial charge in [-0.15, -0.1) is 0 Å². The molecule has 0 spiro atoms. The Balaban J connectivity index is 2.06. The molecule has 3 N–H and O–H groups in total. The molecule has 2 aromatic rings. The van der Waals surface area contributed by atoms with E-state index < -0.39 is 10.0 Å². The Morgan fingerprint density at radius 3 is 2.52 bits per heavy atom. The van der Waals surface area contributed by atoms with E-state index in [0.717, 1.165) is 13.1 Å². The largest absolute Gasteiger partial charge is 0.369 e. The monoisotopic (exact) mass is 338 g/mol. The minimum atomic E-state index is -3.68. The first-order chi connectivity index (χ1) is 10.8. The van der Waals surface area contributed by atoms with Crippen LogP contribution in [0.2, 0.25) is 0 Å². The van der Waals surface area contributed by atoms with Crippen molar-refractivity contribution in [2.75, 3.05) is 37.2 Å². The molecule has 0 atom stereocenters. The molecule has 0 unspecified atom stereocenters. The van der Waals surface area contributed by atoms with Gasteiger partial charge in [0.15, 0.2) is 0 Å². The Hall–Kier alpha value is -2.13. The minimum absolute atomic E-state index is 0.172. The fourth-order valence-corrected chi connectivity index (χ4v) is 3.53. The summed E-state index contributed by atoms with van der Waals surface area (Å²) in [7, 11) is 0.303. The lowest BCUT2D eigenvalue weighted by Crippen LogP contribution is -2.21. The van der Waals surface area contributed by atoms with E-state index in [2.05, 4.69) is 30.1 Å². The highest BCUT2D eigenvalue weighted by molar-refractivity contribution is 7.92. The maximum Gasteiger partial charge on any atom is 0.265 e. The highest BCUT2D eigenvalue weighted by atomic mass is 32.2. The van der Waals surface area contributed by atoms with E-state index in [9.17, 15) is 8.42 Å². The van der Waals surface area contributed by atoms with Crippen LogP contribution in [-0.2, 0) is 10.0 Å². The number of H-pyrrole nitrogens is 1. The summed E-state index contributed by atoms with van der Waals surface area (Å²) in [4.78, 5) is 6.44. The zero-order chi connectivity index (χ0) is 17.0. The standard InChI is InChI=1S/C14H22N6O2S/c1-10-14(11(2)18-17-10)23(21,22)19-12-5-6-13(16-9-12)15-7-8-20(3)4/h5-6,9,19H,7-8H2,1-4H3,(H,15,16)(H,17,18). The number of aryl methyl sites for hydroxylation is 2. The maximum atomic E-state index is 12.4. The number of rotatable bonds is 7. The highest BCUT2D eigenvalue weighted by Gasteiger charge is 2.22. The second-order valence-electron chi connectivity index (χ2n) is 5.53. The van der Waals surface area contributed by atoms with Crippen LogP contribution in [0.25, 0.3) is 0 Å². The van der Waals surface area contributed by atoms with E-state index in [0.29, 0.717) is 22.9 Å². The first kappa shape index (κ1) is 17.2. The number of aromatic amines is 1. The smallest absolute Gasteiger partial charge is 0.265 e. The first-order valence-corrected chi connectivity index (χ1v) is 8.67. The van der Waals surface area contributed by atoms with Gasteiger partial charge in [-0.25, -0.2) is 13.4 Å². The predicted molar refractivity (Wildman–Crippen MR) is 90.2 cm³/mol. The van der Waals surface area contributed by atoms with Crippen molar-refractivity contribution in [3.63, 3.8) is 0 Å². The van der Waals surface area contributed by atoms with E-state index in [1.54, 1.807) is 26.0 Å². The normalized spacial score (nSPS) is 11.7. The molecule has 0 aromatic carbocycles. The number of likely N-dealkylation sites (N-methyl/N-ethyl adjacent to an activating group) is 1. The van der Waals surface area contributed by atoms with Gasteiger partial charge in [0, 0.05) is 13.1 Å². The molecule has 0 bridgehead atoms. The third-order valence-corrected chi connectivity index (χ3v) is 4.85. The number of sulfonamides is 1. The number of aromatic nitrogens is 3. The molecule has 126 valence electrons. The molecule has 9 heteroatoms. The van der Waals surface area contributed by atoms with Crippen LogP contribution in [0.1, 0.15) is 11.4 Å². The summed E-state index contributed by atoms with van der Waals surface area (Å²) in [6.45, 7) is 4.96. The third kappa shape index (κ3) is 4.42. The number of hydrogen-bond acceptors (Lipinski definition) is 6. The van der Waals surface area contributed by atoms with Gasteiger partial charge < -0.3 is 10.2 Å². The highest BCUT2D eigenvalue weighted by Crippen LogP contribution is 2.20. The molecule has 0 amide bonds. The van der Waals surface area contributed by atoms with Crippen molar-refractivity contribution in [3.8, 4) is 0 Å². The molecule has 0 fully saturated rings. The fourth-order valence-electron chi connectivity index (χ4n) is 2.11. The van der Waals surface area contributed by atoms with Crippen LogP contribution in [0.4, 0.5) is 11.5 Å². The lowest BCUT2D eigenvalue weighted by molar-refractivity contribution is 0.425. The molecule has 0 saturated carbocycles. The molecule has 2 heterocycles. The summed E-state index contributed by atoms with van der Waals surface area (Å²) in [5.74, 6) is 0.700. The number of pyridine rings is 1. The second kappa shape index (κ2) is 6.97. The number of nitrogens with zero attached hydrogens (tertiary/aromatic N) is 3. The van der Waals surface area contributed by atoms with E-state index in [-0.39, 0.29) is 4.90 Å². The van der Waals surface area contributed by atoms with Crippen LogP contribution < -0.4 is 10.0 Å². The van der Waals surface area contributed by atoms with Crippen LogP contribution in [0.5, 0.6) is 0 Å². The molecule has 0 saturated heterocycles. The van der Waals surface area contributed by atoms with Crippen molar-refractivity contribution in [2.24, 2.45) is 0 Å². The lowest BCUT2D eigenvalue weighted by Gasteiger charge is -2.11. The fraction of sp³-hybridized carbons (Fsp3) is 0.429. The molecule has 8 nitrogen and oxygen atoms in total. The SMILES string of the molecule is Cc1n[nH]c(C)c1S(=O)(=O)Nc1ccc(NCCN(C)C)nc1. The Morgan fingerprint density at radius 2 is 2.00 bits per heavy atom. The van der Waals surface area contributed by atoms with Gasteiger partial charge in [0.2, 0.25) is 0 Å². The Labute approximate surface area is 136 Å². The topological polar surface area (TPSA) is 103 Å². The summed E-state index contributed by atoms with van der Waals surface area (Å²) in [6, 6.07) is 3.41. The van der Waals surface area contributed by atoms with Gasteiger partial charge in [-0.3, -0.25) is 9.82 Å². The van der Waals surface area contributed by atoms with Gasteiger partial charge in [-0.2, -0.15) is 5.10 Å². The maximum absolute atomic E-state index is 12.4. The zero-order valence-corrected chi connectivity index (χ0v) is 14.5. The van der Waals surface area contributed by atoms with Crippen LogP contribution in [0.15, 0.2) is 23.2 Å². The van der Waals surface area contributed by atoms with Crippen molar-refractivity contribution < 1.29 is 8.42 Å². The van der Waals surface area contributed by atoms with Crippen molar-refractivity contribution in [1.82, 2.24) is 20.1 Å². The first-order valence-electron chi connectivity index (χ1n) is 7.18. The van der Waals surface area contributed by atoms with E-state index >= 15 is 0 Å². The Bertz CT molecular complexity index is 733. The number of anilines is 2. The average molecular weight is 338 g/mol. The minimum Gasteiger partial charge on any atom is -0.369 e. The molecule has 2 rings (SSSR count). The van der Waals surface area contributed by atoms with Crippen molar-refractivity contribution in [3.05, 3.63) is 29.7 Å². The van der Waals surface area contributed by atoms with Gasteiger partial charge >= 0.3 is 0 Å². The summed E-state index contributed by atoms with van der Waals surface area (Å²) >= 11 is 0. The van der Waals surface area contributed by atoms with Crippen molar-refractivity contribution >= 4 is 21.5 Å². The van der Waals surface area contributed by atoms with Gasteiger partial charge in [0.1, 0.15) is 10.7 Å². The molecule has 0 aliphatic heterocycles. The molecular formula is C14H22N6O2S. The summed E-state index contributed by atoms with van der Waals surface area (Å²) in [5.41, 5.74) is 1.35. The summed E-state index contributed by atoms with van der Waals surface area (Å²) in [5, 5.41) is 9.75. The summed E-state index contributed by atoms with van der Waals surface area (Å²) in [6.07, 6.45) is 1.49. The van der Waals surface area contributed by atoms with Crippen LogP contribution in [0.3, 0.4) is 0 Å². The quantitative estimate of drug-likeness (QED) is 0.701. The van der Waals surface area contributed by atoms with E-state index in [4.69, 9.17) is 0 Å². The van der Waals surface area contributed by atoms with E-state index in [1.807, 2.05) is 14.1 Å². The average Bonchev–Trinajstić information content (AvgIpc) is 2.80. The molecule has 2 aromatic heterocycles. The van der Waals surface area contributed by atoms with Gasteiger partial charge in [-0.05, 0) is 40.1 Å². The van der Waals surface area contributed by atoms with Crippen molar-refractivity contribution in [1.29, 1.82) is 0 Å². The molecular weight excluding hydrogens is 316 g/mol. The van der Waals surface area contributed by atoms with Gasteiger partial charge in [0.25, 0.3) is 10.0 Å². The van der Waals surface area contributed by atoms with Gasteiger partial charge in [-0.1, -0.05) is 0 Å². The van der Waals surface area contributed by atoms with E-state index in [1.165, 1.54) is 6.20 Å². The summed E-state index contributed by atoms with van der Waals surface area (Å²) < 4.78 is 27.4. The van der Waals surface area contributed by atoms with Crippen LogP contribution in [0, 0.1) is 13.8 Å². The molecule has 0 radical (unpaired) electrons. The predicted octanol–water partition coefficient (Wildman–Crippen LogP) is 1.20. The van der Waals surface area contributed by atoms with Crippen LogP contribution >= 0.6 is 0 Å². The second-order valence-corrected chi connectivity index (χ2v) is 7.15. The van der Waals surface area contributed by atoms with Crippen LogP contribution in [-0.4, -0.2) is 55.7 Å². The number of hydrogen-bond donors (Lipinski definition) is 3. The van der Waals surface area contributed by atoms with Gasteiger partial charge in [0.05, 0.1) is 23.3 Å². The number of nitrogens with one attached hydrogen (secondary N) is 3. The van der Waals surface area contributed by atoms with Crippen molar-refractivity contribution in [2.45, 2.75) is 18.7 Å².